The molecule has 0 aromatic rings. The lowest BCUT2D eigenvalue weighted by Crippen LogP contribution is -2.03. The molecule has 0 fully saturated rings. The molecule has 0 aliphatic carbocycles. The van der Waals surface area contributed by atoms with Gasteiger partial charge in [0.25, 0.3) is 0 Å². The Bertz CT molecular complexity index is 269. The van der Waals surface area contributed by atoms with Crippen LogP contribution in [0, 0.1) is 5.92 Å². The van der Waals surface area contributed by atoms with Crippen LogP contribution in [0.15, 0.2) is 11.6 Å². The van der Waals surface area contributed by atoms with Crippen molar-refractivity contribution < 1.29 is 9.84 Å². The first kappa shape index (κ1) is 23.7. The predicted octanol–water partition coefficient (Wildman–Crippen LogP) is 6.67. The Balaban J connectivity index is 3.13. The summed E-state index contributed by atoms with van der Waals surface area (Å²) in [6.07, 6.45) is 18.9. The summed E-state index contributed by atoms with van der Waals surface area (Å²) in [4.78, 5) is 0. The maximum atomic E-state index is 8.71. The van der Waals surface area contributed by atoms with Crippen LogP contribution in [0.2, 0.25) is 0 Å². The number of ether oxygens (including phenoxy) is 1. The van der Waals surface area contributed by atoms with E-state index in [-0.39, 0.29) is 0 Å². The number of hydrogen-bond donors (Lipinski definition) is 1. The van der Waals surface area contributed by atoms with Crippen LogP contribution in [0.25, 0.3) is 0 Å². The molecule has 2 heteroatoms. The maximum Gasteiger partial charge on any atom is 0.0468 e. The number of aliphatic hydroxyl groups is 1. The molecule has 0 radical (unpaired) electrons. The molecule has 0 aromatic carbocycles. The minimum absolute atomic E-state index is 0.358. The van der Waals surface area contributed by atoms with E-state index < -0.39 is 0 Å². The van der Waals surface area contributed by atoms with Crippen LogP contribution in [-0.2, 0) is 4.74 Å². The van der Waals surface area contributed by atoms with Crippen LogP contribution in [0.5, 0.6) is 0 Å². The third-order valence-electron chi connectivity index (χ3n) is 4.66. The molecule has 0 rings (SSSR count). The molecule has 0 aliphatic rings. The zero-order valence-corrected chi connectivity index (χ0v) is 16.8. The van der Waals surface area contributed by atoms with Crippen LogP contribution in [-0.4, -0.2) is 24.9 Å². The molecular formula is C22H44O2. The smallest absolute Gasteiger partial charge is 0.0468 e. The van der Waals surface area contributed by atoms with E-state index >= 15 is 0 Å². The van der Waals surface area contributed by atoms with E-state index in [9.17, 15) is 0 Å². The second-order valence-corrected chi connectivity index (χ2v) is 7.62. The molecule has 0 aromatic heterocycles. The molecule has 0 saturated carbocycles. The molecule has 1 unspecified atom stereocenters. The van der Waals surface area contributed by atoms with E-state index in [0.717, 1.165) is 25.6 Å². The van der Waals surface area contributed by atoms with Gasteiger partial charge in [0.15, 0.2) is 0 Å². The highest BCUT2D eigenvalue weighted by atomic mass is 16.5. The minimum Gasteiger partial charge on any atom is -0.396 e. The molecule has 0 bridgehead atoms. The van der Waals surface area contributed by atoms with Crippen molar-refractivity contribution in [3.63, 3.8) is 0 Å². The maximum absolute atomic E-state index is 8.71. The monoisotopic (exact) mass is 340 g/mol. The quantitative estimate of drug-likeness (QED) is 0.223. The Morgan fingerprint density at radius 1 is 0.792 bits per heavy atom. The molecule has 0 spiro atoms. The van der Waals surface area contributed by atoms with E-state index in [1.165, 1.54) is 82.6 Å². The number of unbranched alkanes of at least 4 members (excludes halogenated alkanes) is 9. The van der Waals surface area contributed by atoms with Crippen molar-refractivity contribution in [1.29, 1.82) is 0 Å². The second-order valence-electron chi connectivity index (χ2n) is 7.62. The summed E-state index contributed by atoms with van der Waals surface area (Å²) in [5, 5.41) is 8.71. The van der Waals surface area contributed by atoms with Crippen molar-refractivity contribution in [2.75, 3.05) is 19.8 Å². The fraction of sp³-hybridized carbons (Fsp3) is 0.909. The molecule has 1 atom stereocenters. The summed E-state index contributed by atoms with van der Waals surface area (Å²) in [6, 6.07) is 0. The fourth-order valence-electron chi connectivity index (χ4n) is 2.92. The van der Waals surface area contributed by atoms with E-state index in [1.807, 2.05) is 0 Å². The van der Waals surface area contributed by atoms with Crippen LogP contribution in [0.4, 0.5) is 0 Å². The Morgan fingerprint density at radius 2 is 1.33 bits per heavy atom. The van der Waals surface area contributed by atoms with Crippen molar-refractivity contribution in [2.24, 2.45) is 5.92 Å². The summed E-state index contributed by atoms with van der Waals surface area (Å²) in [5.74, 6) is 0.776. The highest BCUT2D eigenvalue weighted by molar-refractivity contribution is 4.92. The van der Waals surface area contributed by atoms with Crippen molar-refractivity contribution in [1.82, 2.24) is 0 Å². The molecule has 0 heterocycles. The number of hydrogen-bond acceptors (Lipinski definition) is 2. The number of aliphatic hydroxyl groups excluding tert-OH is 1. The van der Waals surface area contributed by atoms with Crippen molar-refractivity contribution >= 4 is 0 Å². The fourth-order valence-corrected chi connectivity index (χ4v) is 2.92. The van der Waals surface area contributed by atoms with Crippen LogP contribution >= 0.6 is 0 Å². The molecule has 0 saturated heterocycles. The first-order valence-corrected chi connectivity index (χ1v) is 10.5. The first-order valence-electron chi connectivity index (χ1n) is 10.5. The highest BCUT2D eigenvalue weighted by Gasteiger charge is 2.01. The molecule has 0 amide bonds. The van der Waals surface area contributed by atoms with Gasteiger partial charge in [0, 0.05) is 19.8 Å². The van der Waals surface area contributed by atoms with Crippen LogP contribution in [0.1, 0.15) is 104 Å². The predicted molar refractivity (Wildman–Crippen MR) is 107 cm³/mol. The van der Waals surface area contributed by atoms with Gasteiger partial charge < -0.3 is 9.84 Å². The van der Waals surface area contributed by atoms with Crippen molar-refractivity contribution in [2.45, 2.75) is 104 Å². The van der Waals surface area contributed by atoms with Gasteiger partial charge in [-0.1, -0.05) is 69.9 Å². The lowest BCUT2D eigenvalue weighted by Gasteiger charge is -2.10. The standard InChI is InChI=1S/C22H44O2/c1-21(2)15-14-16-22(3)17-20-24-19-13-11-9-7-5-4-6-8-10-12-18-23/h15,22-23H,4-14,16-20H2,1-3H3. The van der Waals surface area contributed by atoms with Gasteiger partial charge in [-0.3, -0.25) is 0 Å². The summed E-state index contributed by atoms with van der Waals surface area (Å²) < 4.78 is 5.78. The van der Waals surface area contributed by atoms with Gasteiger partial charge in [-0.25, -0.2) is 0 Å². The first-order chi connectivity index (χ1) is 11.7. The zero-order chi connectivity index (χ0) is 17.9. The summed E-state index contributed by atoms with van der Waals surface area (Å²) >= 11 is 0. The van der Waals surface area contributed by atoms with Gasteiger partial charge in [-0.05, 0) is 51.9 Å². The molecule has 144 valence electrons. The number of rotatable bonds is 18. The Morgan fingerprint density at radius 3 is 1.88 bits per heavy atom. The lowest BCUT2D eigenvalue weighted by atomic mass is 10.0. The topological polar surface area (TPSA) is 29.5 Å². The minimum atomic E-state index is 0.358. The number of allylic oxidation sites excluding steroid dienone is 2. The van der Waals surface area contributed by atoms with E-state index in [0.29, 0.717) is 6.61 Å². The van der Waals surface area contributed by atoms with Gasteiger partial charge in [-0.15, -0.1) is 0 Å². The van der Waals surface area contributed by atoms with Gasteiger partial charge in [-0.2, -0.15) is 0 Å². The largest absolute Gasteiger partial charge is 0.396 e. The van der Waals surface area contributed by atoms with Gasteiger partial charge >= 0.3 is 0 Å². The molecule has 1 N–H and O–H groups in total. The van der Waals surface area contributed by atoms with E-state index in [1.54, 1.807) is 0 Å². The Kier molecular flexibility index (Phi) is 18.7. The average molecular weight is 341 g/mol. The highest BCUT2D eigenvalue weighted by Crippen LogP contribution is 2.13. The third-order valence-corrected chi connectivity index (χ3v) is 4.66. The third kappa shape index (κ3) is 19.7. The van der Waals surface area contributed by atoms with Crippen LogP contribution < -0.4 is 0 Å². The molecule has 0 aliphatic heterocycles. The molecule has 24 heavy (non-hydrogen) atoms. The van der Waals surface area contributed by atoms with Crippen LogP contribution in [0.3, 0.4) is 0 Å². The zero-order valence-electron chi connectivity index (χ0n) is 16.8. The normalized spacial score (nSPS) is 12.3. The van der Waals surface area contributed by atoms with Gasteiger partial charge in [0.2, 0.25) is 0 Å². The summed E-state index contributed by atoms with van der Waals surface area (Å²) in [7, 11) is 0. The van der Waals surface area contributed by atoms with Crippen molar-refractivity contribution in [3.8, 4) is 0 Å². The SMILES string of the molecule is CC(C)=CCCC(C)CCOCCCCCCCCCCCCO. The van der Waals surface area contributed by atoms with Gasteiger partial charge in [0.1, 0.15) is 0 Å². The Hall–Kier alpha value is -0.340. The van der Waals surface area contributed by atoms with Gasteiger partial charge in [0.05, 0.1) is 0 Å². The average Bonchev–Trinajstić information content (AvgIpc) is 2.55. The molecular weight excluding hydrogens is 296 g/mol. The summed E-state index contributed by atoms with van der Waals surface area (Å²) in [6.45, 7) is 8.93. The summed E-state index contributed by atoms with van der Waals surface area (Å²) in [5.41, 5.74) is 1.43. The van der Waals surface area contributed by atoms with E-state index in [2.05, 4.69) is 26.8 Å². The Labute approximate surface area is 152 Å². The van der Waals surface area contributed by atoms with Crippen molar-refractivity contribution in [3.05, 3.63) is 11.6 Å². The second kappa shape index (κ2) is 19.0. The van der Waals surface area contributed by atoms with E-state index in [4.69, 9.17) is 9.84 Å². The molecule has 2 nitrogen and oxygen atoms in total. The lowest BCUT2D eigenvalue weighted by molar-refractivity contribution is 0.117.